The monoisotopic (exact) mass is 460 g/mol. The first kappa shape index (κ1) is 22.4. The van der Waals surface area contributed by atoms with Gasteiger partial charge in [-0.15, -0.1) is 10.2 Å². The maximum absolute atomic E-state index is 10.2. The molecule has 4 N–H and O–H groups in total. The molecule has 0 saturated carbocycles. The zero-order valence-corrected chi connectivity index (χ0v) is 19.4. The van der Waals surface area contributed by atoms with E-state index in [2.05, 4.69) is 49.6 Å². The fourth-order valence-corrected chi connectivity index (χ4v) is 4.73. The van der Waals surface area contributed by atoms with Crippen molar-refractivity contribution >= 4 is 11.5 Å². The number of aromatic nitrogens is 2. The van der Waals surface area contributed by atoms with Crippen molar-refractivity contribution in [3.63, 3.8) is 0 Å². The number of hydrogen-bond donors (Lipinski definition) is 3. The van der Waals surface area contributed by atoms with Gasteiger partial charge in [0.2, 0.25) is 0 Å². The van der Waals surface area contributed by atoms with Gasteiger partial charge in [-0.1, -0.05) is 24.3 Å². The van der Waals surface area contributed by atoms with Crippen molar-refractivity contribution in [3.8, 4) is 22.8 Å². The molecule has 1 aromatic heterocycles. The number of piperazine rings is 1. The molecule has 0 amide bonds. The van der Waals surface area contributed by atoms with Crippen LogP contribution in [0.15, 0.2) is 54.6 Å². The van der Waals surface area contributed by atoms with Gasteiger partial charge < -0.3 is 25.8 Å². The lowest BCUT2D eigenvalue weighted by molar-refractivity contribution is 0.0846. The number of phenolic OH excluding ortho intramolecular Hbond substituents is 1. The van der Waals surface area contributed by atoms with Gasteiger partial charge in [0, 0.05) is 56.6 Å². The second-order valence-corrected chi connectivity index (χ2v) is 9.02. The van der Waals surface area contributed by atoms with Gasteiger partial charge in [0.25, 0.3) is 0 Å². The Balaban J connectivity index is 1.22. The molecule has 1 atom stereocenters. The van der Waals surface area contributed by atoms with Crippen molar-refractivity contribution in [1.82, 2.24) is 20.4 Å². The molecule has 3 aromatic rings. The third-order valence-corrected chi connectivity index (χ3v) is 6.55. The first-order chi connectivity index (χ1) is 16.7. The van der Waals surface area contributed by atoms with Gasteiger partial charge in [-0.05, 0) is 49.2 Å². The predicted molar refractivity (Wildman–Crippen MR) is 134 cm³/mol. The minimum Gasteiger partial charge on any atom is -0.507 e. The minimum atomic E-state index is 0.0255. The number of ether oxygens (including phenoxy) is 1. The lowest BCUT2D eigenvalue weighted by Crippen LogP contribution is -2.43. The van der Waals surface area contributed by atoms with Crippen LogP contribution in [0.2, 0.25) is 0 Å². The zero-order chi connectivity index (χ0) is 23.3. The summed E-state index contributed by atoms with van der Waals surface area (Å²) in [6, 6.07) is 17.8. The largest absolute Gasteiger partial charge is 0.507 e. The maximum atomic E-state index is 10.2. The van der Waals surface area contributed by atoms with Crippen LogP contribution in [0.4, 0.5) is 11.5 Å². The Kier molecular flexibility index (Phi) is 6.78. The van der Waals surface area contributed by atoms with E-state index in [1.54, 1.807) is 24.3 Å². The summed E-state index contributed by atoms with van der Waals surface area (Å²) in [5, 5.41) is 21.8. The molecular formula is C26H32N6O2. The van der Waals surface area contributed by atoms with E-state index in [-0.39, 0.29) is 17.7 Å². The maximum Gasteiger partial charge on any atom is 0.188 e. The van der Waals surface area contributed by atoms with Crippen LogP contribution in [0.3, 0.4) is 0 Å². The van der Waals surface area contributed by atoms with Crippen LogP contribution in [0.5, 0.6) is 11.5 Å². The molecule has 3 heterocycles. The van der Waals surface area contributed by atoms with Gasteiger partial charge >= 0.3 is 0 Å². The Labute approximate surface area is 200 Å². The highest BCUT2D eigenvalue weighted by Gasteiger charge is 2.23. The number of para-hydroxylation sites is 1. The molecule has 0 bridgehead atoms. The molecule has 178 valence electrons. The third-order valence-electron chi connectivity index (χ3n) is 6.55. The second-order valence-electron chi connectivity index (χ2n) is 9.02. The van der Waals surface area contributed by atoms with Crippen LogP contribution in [0.1, 0.15) is 18.4 Å². The van der Waals surface area contributed by atoms with Crippen LogP contribution in [-0.2, 0) is 6.54 Å². The van der Waals surface area contributed by atoms with E-state index in [0.29, 0.717) is 17.0 Å². The fourth-order valence-electron chi connectivity index (χ4n) is 4.73. The van der Waals surface area contributed by atoms with E-state index in [4.69, 9.17) is 10.5 Å². The van der Waals surface area contributed by atoms with Gasteiger partial charge in [-0.25, -0.2) is 0 Å². The summed E-state index contributed by atoms with van der Waals surface area (Å²) in [5.74, 6) is 0.930. The summed E-state index contributed by atoms with van der Waals surface area (Å²) in [6.07, 6.45) is 2.05. The van der Waals surface area contributed by atoms with E-state index in [1.165, 1.54) is 11.3 Å². The molecule has 2 aromatic carbocycles. The van der Waals surface area contributed by atoms with Crippen LogP contribution >= 0.6 is 0 Å². The number of nitrogens with one attached hydrogen (secondary N) is 1. The Hall–Kier alpha value is -3.36. The van der Waals surface area contributed by atoms with E-state index in [0.717, 1.165) is 58.7 Å². The van der Waals surface area contributed by atoms with Crippen LogP contribution in [0.25, 0.3) is 11.3 Å². The number of anilines is 2. The topological polar surface area (TPSA) is 99.8 Å². The summed E-state index contributed by atoms with van der Waals surface area (Å²) in [7, 11) is 0. The highest BCUT2D eigenvalue weighted by molar-refractivity contribution is 5.68. The molecule has 2 aliphatic rings. The van der Waals surface area contributed by atoms with Crippen LogP contribution < -0.4 is 20.7 Å². The van der Waals surface area contributed by atoms with Gasteiger partial charge in [-0.2, -0.15) is 0 Å². The molecule has 2 aliphatic heterocycles. The van der Waals surface area contributed by atoms with Crippen molar-refractivity contribution in [2.45, 2.75) is 25.5 Å². The number of nitrogens with two attached hydrogens (primary N) is 1. The van der Waals surface area contributed by atoms with Crippen molar-refractivity contribution in [3.05, 3.63) is 60.2 Å². The summed E-state index contributed by atoms with van der Waals surface area (Å²) < 4.78 is 6.29. The molecule has 0 aliphatic carbocycles. The molecule has 0 radical (unpaired) electrons. The Morgan fingerprint density at radius 1 is 1.03 bits per heavy atom. The predicted octanol–water partition coefficient (Wildman–Crippen LogP) is 2.88. The molecule has 1 unspecified atom stereocenters. The molecule has 8 nitrogen and oxygen atoms in total. The number of hydrogen-bond acceptors (Lipinski definition) is 8. The fraction of sp³-hybridized carbons (Fsp3) is 0.385. The Bertz CT molecular complexity index is 1100. The number of piperidine rings is 1. The molecule has 8 heteroatoms. The van der Waals surface area contributed by atoms with Gasteiger partial charge in [-0.3, -0.25) is 4.90 Å². The standard InChI is InChI=1S/C26H32N6O2/c27-26-25(16-23(29-30-26)22-5-1-2-6-24(22)33)34-21-4-3-13-31(18-21)17-19-7-9-20(10-8-19)32-14-11-28-12-15-32/h1-2,5-10,16,21,28,33H,3-4,11-15,17-18H2,(H2,27,30). The molecular weight excluding hydrogens is 428 g/mol. The zero-order valence-electron chi connectivity index (χ0n) is 19.4. The summed E-state index contributed by atoms with van der Waals surface area (Å²) in [5.41, 5.74) is 9.83. The lowest BCUT2D eigenvalue weighted by Gasteiger charge is -2.33. The van der Waals surface area contributed by atoms with Crippen molar-refractivity contribution in [2.75, 3.05) is 49.9 Å². The molecule has 0 spiro atoms. The number of aromatic hydroxyl groups is 1. The summed E-state index contributed by atoms with van der Waals surface area (Å²) >= 11 is 0. The number of rotatable bonds is 6. The average molecular weight is 461 g/mol. The first-order valence-corrected chi connectivity index (χ1v) is 12.0. The lowest BCUT2D eigenvalue weighted by atomic mass is 10.1. The highest BCUT2D eigenvalue weighted by Crippen LogP contribution is 2.32. The quantitative estimate of drug-likeness (QED) is 0.516. The van der Waals surface area contributed by atoms with Crippen molar-refractivity contribution < 1.29 is 9.84 Å². The number of nitrogens with zero attached hydrogens (tertiary/aromatic N) is 4. The summed E-state index contributed by atoms with van der Waals surface area (Å²) in [6.45, 7) is 6.98. The Morgan fingerprint density at radius 3 is 2.62 bits per heavy atom. The number of likely N-dealkylation sites (tertiary alicyclic amines) is 1. The van der Waals surface area contributed by atoms with Crippen LogP contribution in [0, 0.1) is 0 Å². The van der Waals surface area contributed by atoms with E-state index >= 15 is 0 Å². The van der Waals surface area contributed by atoms with E-state index < -0.39 is 0 Å². The smallest absolute Gasteiger partial charge is 0.188 e. The molecule has 2 saturated heterocycles. The average Bonchev–Trinajstić information content (AvgIpc) is 2.87. The van der Waals surface area contributed by atoms with Crippen molar-refractivity contribution in [2.24, 2.45) is 0 Å². The second kappa shape index (κ2) is 10.3. The minimum absolute atomic E-state index is 0.0255. The first-order valence-electron chi connectivity index (χ1n) is 12.0. The molecule has 2 fully saturated rings. The third kappa shape index (κ3) is 5.24. The van der Waals surface area contributed by atoms with E-state index in [9.17, 15) is 5.11 Å². The van der Waals surface area contributed by atoms with E-state index in [1.807, 2.05) is 6.07 Å². The van der Waals surface area contributed by atoms with Crippen LogP contribution in [-0.4, -0.2) is 65.6 Å². The highest BCUT2D eigenvalue weighted by atomic mass is 16.5. The van der Waals surface area contributed by atoms with Gasteiger partial charge in [0.05, 0.1) is 0 Å². The number of nitrogen functional groups attached to an aromatic ring is 1. The normalized spacial score (nSPS) is 19.2. The van der Waals surface area contributed by atoms with Crippen molar-refractivity contribution in [1.29, 1.82) is 0 Å². The summed E-state index contributed by atoms with van der Waals surface area (Å²) in [4.78, 5) is 4.87. The molecule has 5 rings (SSSR count). The van der Waals surface area contributed by atoms with Gasteiger partial charge in [0.15, 0.2) is 11.6 Å². The Morgan fingerprint density at radius 2 is 1.82 bits per heavy atom. The number of phenols is 1. The number of benzene rings is 2. The van der Waals surface area contributed by atoms with Gasteiger partial charge in [0.1, 0.15) is 17.5 Å². The SMILES string of the molecule is Nc1nnc(-c2ccccc2O)cc1OC1CCCN(Cc2ccc(N3CCNCC3)cc2)C1. The molecule has 34 heavy (non-hydrogen) atoms.